The maximum atomic E-state index is 12.0. The summed E-state index contributed by atoms with van der Waals surface area (Å²) >= 11 is 0. The molecule has 5 heteroatoms. The number of nitrogens with two attached hydrogens (primary N) is 1. The Morgan fingerprint density at radius 3 is 2.43 bits per heavy atom. The fourth-order valence-electron chi connectivity index (χ4n) is 3.75. The predicted molar refractivity (Wildman–Crippen MR) is 90.2 cm³/mol. The smallest absolute Gasteiger partial charge is 0.151 e. The Morgan fingerprint density at radius 2 is 1.90 bits per heavy atom. The second kappa shape index (κ2) is 8.49. The van der Waals surface area contributed by atoms with Crippen molar-refractivity contribution in [3.63, 3.8) is 0 Å². The van der Waals surface area contributed by atoms with E-state index in [1.165, 1.54) is 12.8 Å². The molecule has 1 aliphatic carbocycles. The topological polar surface area (TPSA) is 63.4 Å². The number of rotatable bonds is 9. The summed E-state index contributed by atoms with van der Waals surface area (Å²) < 4.78 is 24.0. The molecule has 0 aromatic rings. The van der Waals surface area contributed by atoms with E-state index in [9.17, 15) is 8.42 Å². The first-order valence-electron chi connectivity index (χ1n) is 8.54. The number of hydrogen-bond acceptors (Lipinski definition) is 4. The van der Waals surface area contributed by atoms with Gasteiger partial charge in [0.15, 0.2) is 9.84 Å². The zero-order valence-electron chi connectivity index (χ0n) is 14.1. The van der Waals surface area contributed by atoms with Crippen LogP contribution in [0.5, 0.6) is 0 Å². The van der Waals surface area contributed by atoms with Crippen LogP contribution < -0.4 is 5.73 Å². The standard InChI is InChI=1S/C16H34N2O2S/c1-4-9-18(10-12-21(19,20)11-5-2)16(14-17)8-6-7-15(3)13-16/h15H,4-14,17H2,1-3H3. The van der Waals surface area contributed by atoms with E-state index in [-0.39, 0.29) is 11.3 Å². The minimum absolute atomic E-state index is 0.0232. The van der Waals surface area contributed by atoms with Crippen molar-refractivity contribution in [3.8, 4) is 0 Å². The molecule has 0 spiro atoms. The fraction of sp³-hybridized carbons (Fsp3) is 1.00. The van der Waals surface area contributed by atoms with Gasteiger partial charge >= 0.3 is 0 Å². The maximum absolute atomic E-state index is 12.0. The van der Waals surface area contributed by atoms with Gasteiger partial charge in [0, 0.05) is 24.4 Å². The zero-order chi connectivity index (χ0) is 15.9. The second-order valence-corrected chi connectivity index (χ2v) is 9.07. The summed E-state index contributed by atoms with van der Waals surface area (Å²) in [4.78, 5) is 2.38. The van der Waals surface area contributed by atoms with E-state index in [0.717, 1.165) is 25.8 Å². The van der Waals surface area contributed by atoms with Crippen LogP contribution in [0.4, 0.5) is 0 Å². The van der Waals surface area contributed by atoms with Crippen LogP contribution in [0.3, 0.4) is 0 Å². The third-order valence-corrected chi connectivity index (χ3v) is 6.63. The van der Waals surface area contributed by atoms with E-state index in [2.05, 4.69) is 18.7 Å². The Bertz CT molecular complexity index is 397. The van der Waals surface area contributed by atoms with Crippen molar-refractivity contribution in [2.75, 3.05) is 31.1 Å². The van der Waals surface area contributed by atoms with Crippen LogP contribution in [0, 0.1) is 5.92 Å². The molecule has 0 bridgehead atoms. The van der Waals surface area contributed by atoms with Crippen LogP contribution in [0.15, 0.2) is 0 Å². The summed E-state index contributed by atoms with van der Waals surface area (Å²) in [6.07, 6.45) is 6.45. The molecule has 1 saturated carbocycles. The van der Waals surface area contributed by atoms with E-state index in [4.69, 9.17) is 5.73 Å². The van der Waals surface area contributed by atoms with Gasteiger partial charge in [0.05, 0.1) is 5.75 Å². The first kappa shape index (κ1) is 18.9. The lowest BCUT2D eigenvalue weighted by Crippen LogP contribution is -2.57. The van der Waals surface area contributed by atoms with Gasteiger partial charge in [0.1, 0.15) is 0 Å². The molecule has 0 aliphatic heterocycles. The molecule has 0 amide bonds. The molecule has 0 aromatic heterocycles. The van der Waals surface area contributed by atoms with Crippen LogP contribution >= 0.6 is 0 Å². The molecule has 0 saturated heterocycles. The van der Waals surface area contributed by atoms with Crippen molar-refractivity contribution >= 4 is 9.84 Å². The van der Waals surface area contributed by atoms with Crippen LogP contribution in [0.2, 0.25) is 0 Å². The van der Waals surface area contributed by atoms with Crippen LogP contribution in [-0.4, -0.2) is 50.0 Å². The van der Waals surface area contributed by atoms with Crippen LogP contribution in [0.25, 0.3) is 0 Å². The molecule has 126 valence electrons. The van der Waals surface area contributed by atoms with Crippen molar-refractivity contribution < 1.29 is 8.42 Å². The Balaban J connectivity index is 2.78. The van der Waals surface area contributed by atoms with Gasteiger partial charge in [0.25, 0.3) is 0 Å². The monoisotopic (exact) mass is 318 g/mol. The summed E-state index contributed by atoms with van der Waals surface area (Å²) in [6.45, 7) is 8.61. The first-order chi connectivity index (χ1) is 9.89. The van der Waals surface area contributed by atoms with Crippen molar-refractivity contribution in [1.29, 1.82) is 0 Å². The molecule has 4 nitrogen and oxygen atoms in total. The highest BCUT2D eigenvalue weighted by Gasteiger charge is 2.38. The van der Waals surface area contributed by atoms with Gasteiger partial charge in [-0.05, 0) is 38.1 Å². The van der Waals surface area contributed by atoms with E-state index in [1.54, 1.807) is 0 Å². The summed E-state index contributed by atoms with van der Waals surface area (Å²) in [6, 6.07) is 0. The summed E-state index contributed by atoms with van der Waals surface area (Å²) in [5.74, 6) is 1.27. The van der Waals surface area contributed by atoms with Crippen LogP contribution in [-0.2, 0) is 9.84 Å². The van der Waals surface area contributed by atoms with Gasteiger partial charge in [-0.1, -0.05) is 33.6 Å². The molecule has 2 atom stereocenters. The lowest BCUT2D eigenvalue weighted by Gasteiger charge is -2.48. The lowest BCUT2D eigenvalue weighted by atomic mass is 9.75. The minimum atomic E-state index is -2.91. The Hall–Kier alpha value is -0.130. The lowest BCUT2D eigenvalue weighted by molar-refractivity contribution is 0.0440. The third-order valence-electron chi connectivity index (χ3n) is 4.80. The largest absolute Gasteiger partial charge is 0.329 e. The highest BCUT2D eigenvalue weighted by atomic mass is 32.2. The molecule has 21 heavy (non-hydrogen) atoms. The van der Waals surface area contributed by atoms with Gasteiger partial charge in [-0.25, -0.2) is 8.42 Å². The Kier molecular flexibility index (Phi) is 7.65. The molecule has 0 heterocycles. The molecule has 1 aliphatic rings. The van der Waals surface area contributed by atoms with Crippen LogP contribution in [0.1, 0.15) is 59.3 Å². The molecule has 2 unspecified atom stereocenters. The molecule has 2 N–H and O–H groups in total. The third kappa shape index (κ3) is 5.53. The number of sulfone groups is 1. The van der Waals surface area contributed by atoms with E-state index in [0.29, 0.717) is 31.2 Å². The summed E-state index contributed by atoms with van der Waals surface area (Å²) in [7, 11) is -2.91. The van der Waals surface area contributed by atoms with Gasteiger partial charge in [-0.3, -0.25) is 4.90 Å². The molecule has 1 fully saturated rings. The van der Waals surface area contributed by atoms with Crippen molar-refractivity contribution in [2.24, 2.45) is 11.7 Å². The van der Waals surface area contributed by atoms with E-state index in [1.807, 2.05) is 6.92 Å². The van der Waals surface area contributed by atoms with Gasteiger partial charge < -0.3 is 5.73 Å². The Morgan fingerprint density at radius 1 is 1.19 bits per heavy atom. The molecule has 0 aromatic carbocycles. The minimum Gasteiger partial charge on any atom is -0.329 e. The van der Waals surface area contributed by atoms with Crippen molar-refractivity contribution in [1.82, 2.24) is 4.90 Å². The zero-order valence-corrected chi connectivity index (χ0v) is 14.9. The quantitative estimate of drug-likeness (QED) is 0.709. The second-order valence-electron chi connectivity index (χ2n) is 6.77. The molecule has 1 rings (SSSR count). The maximum Gasteiger partial charge on any atom is 0.151 e. The normalized spacial score (nSPS) is 27.2. The van der Waals surface area contributed by atoms with Gasteiger partial charge in [-0.2, -0.15) is 0 Å². The molecular formula is C16H34N2O2S. The van der Waals surface area contributed by atoms with Gasteiger partial charge in [0.2, 0.25) is 0 Å². The van der Waals surface area contributed by atoms with Crippen molar-refractivity contribution in [3.05, 3.63) is 0 Å². The van der Waals surface area contributed by atoms with Gasteiger partial charge in [-0.15, -0.1) is 0 Å². The molecule has 0 radical (unpaired) electrons. The highest BCUT2D eigenvalue weighted by Crippen LogP contribution is 2.36. The average Bonchev–Trinajstić information content (AvgIpc) is 2.43. The fourth-order valence-corrected chi connectivity index (χ4v) is 5.08. The molecular weight excluding hydrogens is 284 g/mol. The number of hydrogen-bond donors (Lipinski definition) is 1. The summed E-state index contributed by atoms with van der Waals surface area (Å²) in [5, 5.41) is 0. The average molecular weight is 319 g/mol. The SMILES string of the molecule is CCCN(CCS(=O)(=O)CCC)C1(CN)CCCC(C)C1. The predicted octanol–water partition coefficient (Wildman–Crippen LogP) is 2.43. The highest BCUT2D eigenvalue weighted by molar-refractivity contribution is 7.91. The van der Waals surface area contributed by atoms with E-state index < -0.39 is 9.84 Å². The van der Waals surface area contributed by atoms with Crippen molar-refractivity contribution in [2.45, 2.75) is 64.8 Å². The first-order valence-corrected chi connectivity index (χ1v) is 10.4. The number of nitrogens with zero attached hydrogens (tertiary/aromatic N) is 1. The Labute approximate surface area is 131 Å². The van der Waals surface area contributed by atoms with E-state index >= 15 is 0 Å². The summed E-state index contributed by atoms with van der Waals surface area (Å²) in [5.41, 5.74) is 6.16.